The molecule has 0 bridgehead atoms. The fourth-order valence-corrected chi connectivity index (χ4v) is 3.00. The molecule has 0 fully saturated rings. The van der Waals surface area contributed by atoms with Crippen molar-refractivity contribution in [3.8, 4) is 5.69 Å². The van der Waals surface area contributed by atoms with Gasteiger partial charge in [0.2, 0.25) is 0 Å². The Bertz CT molecular complexity index is 1040. The fraction of sp³-hybridized carbons (Fsp3) is 0.286. The van der Waals surface area contributed by atoms with Crippen molar-refractivity contribution in [2.24, 2.45) is 0 Å². The van der Waals surface area contributed by atoms with Crippen LogP contribution in [0.25, 0.3) is 5.69 Å². The van der Waals surface area contributed by atoms with Crippen LogP contribution in [0.15, 0.2) is 48.5 Å². The first-order valence-electron chi connectivity index (χ1n) is 9.27. The van der Waals surface area contributed by atoms with Gasteiger partial charge in [-0.3, -0.25) is 4.79 Å². The number of amides is 1. The van der Waals surface area contributed by atoms with Crippen LogP contribution in [0.5, 0.6) is 0 Å². The summed E-state index contributed by atoms with van der Waals surface area (Å²) in [6, 6.07) is 11.3. The van der Waals surface area contributed by atoms with Gasteiger partial charge < -0.3 is 5.32 Å². The number of alkyl halides is 3. The van der Waals surface area contributed by atoms with Gasteiger partial charge in [0.05, 0.1) is 11.7 Å². The van der Waals surface area contributed by atoms with Gasteiger partial charge in [-0.15, -0.1) is 5.10 Å². The van der Waals surface area contributed by atoms with Gasteiger partial charge >= 0.3 is 6.18 Å². The summed E-state index contributed by atoms with van der Waals surface area (Å²) < 4.78 is 55.0. The van der Waals surface area contributed by atoms with Crippen LogP contribution in [0.2, 0.25) is 0 Å². The smallest absolute Gasteiger partial charge is 0.344 e. The quantitative estimate of drug-likeness (QED) is 0.589. The lowest BCUT2D eigenvalue weighted by Crippen LogP contribution is -2.29. The number of halogens is 4. The zero-order chi connectivity index (χ0) is 22.1. The Balaban J connectivity index is 1.90. The molecule has 1 unspecified atom stereocenters. The molecule has 2 aromatic carbocycles. The molecule has 0 spiro atoms. The van der Waals surface area contributed by atoms with E-state index in [1.807, 2.05) is 38.1 Å². The highest BCUT2D eigenvalue weighted by atomic mass is 19.4. The van der Waals surface area contributed by atoms with Gasteiger partial charge in [0.1, 0.15) is 5.82 Å². The molecule has 9 heteroatoms. The predicted octanol–water partition coefficient (Wildman–Crippen LogP) is 5.04. The van der Waals surface area contributed by atoms with E-state index in [1.54, 1.807) is 6.92 Å². The molecule has 30 heavy (non-hydrogen) atoms. The highest BCUT2D eigenvalue weighted by Gasteiger charge is 2.42. The molecule has 1 N–H and O–H groups in total. The standard InChI is InChI=1S/C21H20F4N4O/c1-12(2)14-7-9-15(10-8-14)13(3)26-20(30)18-19(21(23,24)25)29(28-27-18)17-6-4-5-16(22)11-17/h4-13H,1-3H3,(H,26,30). The molecule has 5 nitrogen and oxygen atoms in total. The lowest BCUT2D eigenvalue weighted by atomic mass is 9.99. The van der Waals surface area contributed by atoms with Crippen LogP contribution in [0, 0.1) is 5.82 Å². The number of nitrogens with one attached hydrogen (secondary N) is 1. The average molecular weight is 420 g/mol. The summed E-state index contributed by atoms with van der Waals surface area (Å²) >= 11 is 0. The molecule has 158 valence electrons. The van der Waals surface area contributed by atoms with Crippen molar-refractivity contribution in [2.45, 2.75) is 38.9 Å². The molecule has 3 rings (SSSR count). The molecule has 1 heterocycles. The highest BCUT2D eigenvalue weighted by Crippen LogP contribution is 2.33. The number of nitrogens with zero attached hydrogens (tertiary/aromatic N) is 3. The molecule has 0 aliphatic carbocycles. The minimum atomic E-state index is -4.93. The van der Waals surface area contributed by atoms with Crippen LogP contribution in [-0.2, 0) is 6.18 Å². The summed E-state index contributed by atoms with van der Waals surface area (Å²) in [6.07, 6.45) is -4.93. The minimum Gasteiger partial charge on any atom is -0.344 e. The van der Waals surface area contributed by atoms with Crippen LogP contribution in [0.4, 0.5) is 17.6 Å². The van der Waals surface area contributed by atoms with E-state index >= 15 is 0 Å². The Kier molecular flexibility index (Phi) is 5.91. The second-order valence-electron chi connectivity index (χ2n) is 7.19. The number of aromatic nitrogens is 3. The molecule has 0 aliphatic rings. The zero-order valence-corrected chi connectivity index (χ0v) is 16.5. The topological polar surface area (TPSA) is 59.8 Å². The molecular formula is C21H20F4N4O. The Morgan fingerprint density at radius 3 is 2.23 bits per heavy atom. The largest absolute Gasteiger partial charge is 0.435 e. The van der Waals surface area contributed by atoms with Crippen molar-refractivity contribution in [3.63, 3.8) is 0 Å². The molecule has 0 saturated heterocycles. The van der Waals surface area contributed by atoms with E-state index in [0.717, 1.165) is 23.3 Å². The molecule has 0 saturated carbocycles. The molecule has 1 aromatic heterocycles. The summed E-state index contributed by atoms with van der Waals surface area (Å²) in [7, 11) is 0. The normalized spacial score (nSPS) is 12.8. The van der Waals surface area contributed by atoms with E-state index < -0.39 is 35.3 Å². The summed E-state index contributed by atoms with van der Waals surface area (Å²) in [5.74, 6) is -1.43. The molecule has 0 aliphatic heterocycles. The van der Waals surface area contributed by atoms with Crippen molar-refractivity contribution in [1.82, 2.24) is 20.3 Å². The maximum absolute atomic E-state index is 13.7. The van der Waals surface area contributed by atoms with Crippen molar-refractivity contribution in [1.29, 1.82) is 0 Å². The van der Waals surface area contributed by atoms with Crippen LogP contribution < -0.4 is 5.32 Å². The molecule has 0 radical (unpaired) electrons. The zero-order valence-electron chi connectivity index (χ0n) is 16.5. The minimum absolute atomic E-state index is 0.189. The third-order valence-corrected chi connectivity index (χ3v) is 4.66. The molecule has 3 aromatic rings. The summed E-state index contributed by atoms with van der Waals surface area (Å²) in [4.78, 5) is 12.6. The second-order valence-corrected chi connectivity index (χ2v) is 7.19. The van der Waals surface area contributed by atoms with Crippen molar-refractivity contribution in [3.05, 3.63) is 76.9 Å². The lowest BCUT2D eigenvalue weighted by molar-refractivity contribution is -0.143. The van der Waals surface area contributed by atoms with Gasteiger partial charge in [-0.25, -0.2) is 9.07 Å². The summed E-state index contributed by atoms with van der Waals surface area (Å²) in [5, 5.41) is 9.40. The first-order chi connectivity index (χ1) is 14.1. The number of carbonyl (C=O) groups is 1. The molecular weight excluding hydrogens is 400 g/mol. The van der Waals surface area contributed by atoms with Crippen molar-refractivity contribution in [2.75, 3.05) is 0 Å². The van der Waals surface area contributed by atoms with Gasteiger partial charge in [-0.05, 0) is 42.2 Å². The first kappa shape index (κ1) is 21.5. The highest BCUT2D eigenvalue weighted by molar-refractivity contribution is 5.93. The van der Waals surface area contributed by atoms with Crippen LogP contribution >= 0.6 is 0 Å². The van der Waals surface area contributed by atoms with Crippen molar-refractivity contribution >= 4 is 5.91 Å². The Morgan fingerprint density at radius 1 is 1.03 bits per heavy atom. The van der Waals surface area contributed by atoms with Gasteiger partial charge in [0.15, 0.2) is 11.4 Å². The van der Waals surface area contributed by atoms with Gasteiger partial charge in [-0.1, -0.05) is 49.4 Å². The van der Waals surface area contributed by atoms with Crippen molar-refractivity contribution < 1.29 is 22.4 Å². The van der Waals surface area contributed by atoms with E-state index in [4.69, 9.17) is 0 Å². The predicted molar refractivity (Wildman–Crippen MR) is 103 cm³/mol. The number of rotatable bonds is 5. The van der Waals surface area contributed by atoms with E-state index in [-0.39, 0.29) is 5.69 Å². The van der Waals surface area contributed by atoms with Gasteiger partial charge in [0.25, 0.3) is 5.91 Å². The maximum atomic E-state index is 13.7. The van der Waals surface area contributed by atoms with Gasteiger partial charge in [-0.2, -0.15) is 13.2 Å². The maximum Gasteiger partial charge on any atom is 0.435 e. The number of hydrogen-bond donors (Lipinski definition) is 1. The van der Waals surface area contributed by atoms with E-state index in [0.29, 0.717) is 10.6 Å². The Hall–Kier alpha value is -3.23. The Labute approximate surface area is 170 Å². The number of carbonyl (C=O) groups excluding carboxylic acids is 1. The van der Waals surface area contributed by atoms with Crippen LogP contribution in [0.3, 0.4) is 0 Å². The summed E-state index contributed by atoms with van der Waals surface area (Å²) in [5.41, 5.74) is -0.593. The summed E-state index contributed by atoms with van der Waals surface area (Å²) in [6.45, 7) is 5.74. The van der Waals surface area contributed by atoms with E-state index in [1.165, 1.54) is 12.1 Å². The third-order valence-electron chi connectivity index (χ3n) is 4.66. The molecule has 1 amide bonds. The van der Waals surface area contributed by atoms with Gasteiger partial charge in [0, 0.05) is 0 Å². The SMILES string of the molecule is CC(C)c1ccc(C(C)NC(=O)c2nnn(-c3cccc(F)c3)c2C(F)(F)F)cc1. The second kappa shape index (κ2) is 8.25. The Morgan fingerprint density at radius 2 is 1.67 bits per heavy atom. The third kappa shape index (κ3) is 4.50. The number of benzene rings is 2. The van der Waals surface area contributed by atoms with E-state index in [9.17, 15) is 22.4 Å². The first-order valence-corrected chi connectivity index (χ1v) is 9.27. The molecule has 1 atom stereocenters. The number of hydrogen-bond acceptors (Lipinski definition) is 3. The van der Waals surface area contributed by atoms with Crippen LogP contribution in [-0.4, -0.2) is 20.9 Å². The average Bonchev–Trinajstić information content (AvgIpc) is 3.14. The fourth-order valence-electron chi connectivity index (χ4n) is 3.00. The van der Waals surface area contributed by atoms with E-state index in [2.05, 4.69) is 15.6 Å². The van der Waals surface area contributed by atoms with Crippen LogP contribution in [0.1, 0.15) is 60.0 Å². The lowest BCUT2D eigenvalue weighted by Gasteiger charge is -2.16. The monoisotopic (exact) mass is 420 g/mol.